The number of nitrogens with one attached hydrogen (secondary N) is 1. The molecule has 2 unspecified atom stereocenters. The maximum Gasteiger partial charge on any atom is 0.165 e. The molecule has 2 atom stereocenters. The maximum atomic E-state index is 13.3. The van der Waals surface area contributed by atoms with Gasteiger partial charge in [-0.2, -0.15) is 0 Å². The number of ether oxygens (including phenoxy) is 1. The lowest BCUT2D eigenvalue weighted by atomic mass is 10.0. The topological polar surface area (TPSA) is 24.5 Å². The van der Waals surface area contributed by atoms with Gasteiger partial charge in [0.15, 0.2) is 11.6 Å². The summed E-state index contributed by atoms with van der Waals surface area (Å²) in [5, 5.41) is 3.43. The van der Waals surface area contributed by atoms with Crippen LogP contribution in [0.4, 0.5) is 4.39 Å². The molecule has 3 nitrogen and oxygen atoms in total. The Morgan fingerprint density at radius 2 is 1.94 bits per heavy atom. The number of rotatable bonds is 4. The zero-order chi connectivity index (χ0) is 12.4. The Hall–Kier alpha value is -1.13. The van der Waals surface area contributed by atoms with Crippen molar-refractivity contribution in [1.29, 1.82) is 0 Å². The van der Waals surface area contributed by atoms with E-state index in [1.807, 2.05) is 0 Å². The second-order valence-electron chi connectivity index (χ2n) is 5.22. The Bertz CT molecular complexity index is 401. The number of hydrogen-bond donors (Lipinski definition) is 1. The van der Waals surface area contributed by atoms with Crippen LogP contribution in [0.5, 0.6) is 5.75 Å². The van der Waals surface area contributed by atoms with Gasteiger partial charge in [-0.1, -0.05) is 12.1 Å². The summed E-state index contributed by atoms with van der Waals surface area (Å²) in [4.78, 5) is 2.43. The third-order valence-electron chi connectivity index (χ3n) is 3.97. The van der Waals surface area contributed by atoms with Gasteiger partial charge < -0.3 is 10.1 Å². The molecule has 18 heavy (non-hydrogen) atoms. The predicted molar refractivity (Wildman–Crippen MR) is 68.2 cm³/mol. The van der Waals surface area contributed by atoms with Crippen LogP contribution in [0.1, 0.15) is 0 Å². The Labute approximate surface area is 107 Å². The number of halogens is 1. The molecule has 2 saturated heterocycles. The van der Waals surface area contributed by atoms with Crippen molar-refractivity contribution in [2.75, 3.05) is 39.3 Å². The summed E-state index contributed by atoms with van der Waals surface area (Å²) in [6.07, 6.45) is 0. The molecule has 1 aromatic rings. The van der Waals surface area contributed by atoms with Crippen LogP contribution in [-0.2, 0) is 0 Å². The van der Waals surface area contributed by atoms with Crippen LogP contribution in [0.3, 0.4) is 0 Å². The Morgan fingerprint density at radius 3 is 2.67 bits per heavy atom. The van der Waals surface area contributed by atoms with Gasteiger partial charge in [-0.25, -0.2) is 4.39 Å². The summed E-state index contributed by atoms with van der Waals surface area (Å²) in [6.45, 7) is 6.05. The van der Waals surface area contributed by atoms with Crippen molar-refractivity contribution < 1.29 is 9.13 Å². The minimum absolute atomic E-state index is 0.278. The third kappa shape index (κ3) is 2.49. The van der Waals surface area contributed by atoms with E-state index in [0.717, 1.165) is 44.6 Å². The summed E-state index contributed by atoms with van der Waals surface area (Å²) >= 11 is 0. The highest BCUT2D eigenvalue weighted by Gasteiger charge is 2.35. The van der Waals surface area contributed by atoms with Crippen molar-refractivity contribution in [2.24, 2.45) is 11.8 Å². The van der Waals surface area contributed by atoms with Gasteiger partial charge in [0.25, 0.3) is 0 Å². The summed E-state index contributed by atoms with van der Waals surface area (Å²) in [6, 6.07) is 6.58. The minimum Gasteiger partial charge on any atom is -0.489 e. The molecule has 4 heteroatoms. The Kier molecular flexibility index (Phi) is 3.48. The SMILES string of the molecule is Fc1ccccc1OCCN1CC2CNCC2C1. The quantitative estimate of drug-likeness (QED) is 0.873. The van der Waals surface area contributed by atoms with Gasteiger partial charge in [0.2, 0.25) is 0 Å². The molecule has 2 heterocycles. The van der Waals surface area contributed by atoms with E-state index in [-0.39, 0.29) is 5.82 Å². The van der Waals surface area contributed by atoms with Crippen molar-refractivity contribution >= 4 is 0 Å². The van der Waals surface area contributed by atoms with Gasteiger partial charge in [0.05, 0.1) is 0 Å². The molecule has 0 radical (unpaired) electrons. The molecule has 2 aliphatic heterocycles. The fraction of sp³-hybridized carbons (Fsp3) is 0.571. The average Bonchev–Trinajstić information content (AvgIpc) is 2.92. The predicted octanol–water partition coefficient (Wildman–Crippen LogP) is 1.36. The van der Waals surface area contributed by atoms with Gasteiger partial charge in [0, 0.05) is 19.6 Å². The van der Waals surface area contributed by atoms with Crippen molar-refractivity contribution in [3.63, 3.8) is 0 Å². The van der Waals surface area contributed by atoms with Gasteiger partial charge >= 0.3 is 0 Å². The van der Waals surface area contributed by atoms with E-state index >= 15 is 0 Å². The third-order valence-corrected chi connectivity index (χ3v) is 3.97. The van der Waals surface area contributed by atoms with E-state index in [4.69, 9.17) is 4.74 Å². The first-order chi connectivity index (χ1) is 8.83. The van der Waals surface area contributed by atoms with E-state index in [2.05, 4.69) is 10.2 Å². The first-order valence-electron chi connectivity index (χ1n) is 6.63. The lowest BCUT2D eigenvalue weighted by Gasteiger charge is -2.17. The highest BCUT2D eigenvalue weighted by molar-refractivity contribution is 5.23. The van der Waals surface area contributed by atoms with Crippen molar-refractivity contribution in [3.8, 4) is 5.75 Å². The summed E-state index contributed by atoms with van der Waals surface area (Å²) in [7, 11) is 0. The molecular weight excluding hydrogens is 231 g/mol. The van der Waals surface area contributed by atoms with E-state index in [9.17, 15) is 4.39 Å². The fourth-order valence-corrected chi connectivity index (χ4v) is 2.98. The molecule has 1 aromatic carbocycles. The number of likely N-dealkylation sites (tertiary alicyclic amines) is 1. The maximum absolute atomic E-state index is 13.3. The number of hydrogen-bond acceptors (Lipinski definition) is 3. The van der Waals surface area contributed by atoms with Crippen molar-refractivity contribution in [1.82, 2.24) is 10.2 Å². The molecule has 2 aliphatic rings. The second kappa shape index (κ2) is 5.24. The van der Waals surface area contributed by atoms with Crippen LogP contribution in [0.15, 0.2) is 24.3 Å². The smallest absolute Gasteiger partial charge is 0.165 e. The normalized spacial score (nSPS) is 27.4. The monoisotopic (exact) mass is 250 g/mol. The van der Waals surface area contributed by atoms with Crippen LogP contribution in [-0.4, -0.2) is 44.2 Å². The molecule has 0 spiro atoms. The molecule has 1 N–H and O–H groups in total. The van der Waals surface area contributed by atoms with Crippen LogP contribution in [0, 0.1) is 17.7 Å². The highest BCUT2D eigenvalue weighted by atomic mass is 19.1. The summed E-state index contributed by atoms with van der Waals surface area (Å²) in [5.41, 5.74) is 0. The molecule has 2 fully saturated rings. The lowest BCUT2D eigenvalue weighted by molar-refractivity contribution is 0.222. The first kappa shape index (κ1) is 11.9. The largest absolute Gasteiger partial charge is 0.489 e. The number of fused-ring (bicyclic) bond motifs is 1. The van der Waals surface area contributed by atoms with Crippen LogP contribution >= 0.6 is 0 Å². The molecule has 3 rings (SSSR count). The van der Waals surface area contributed by atoms with E-state index in [1.165, 1.54) is 6.07 Å². The van der Waals surface area contributed by atoms with Gasteiger partial charge in [-0.05, 0) is 37.1 Å². The number of benzene rings is 1. The molecule has 0 bridgehead atoms. The number of nitrogens with zero attached hydrogens (tertiary/aromatic N) is 1. The van der Waals surface area contributed by atoms with Gasteiger partial charge in [0.1, 0.15) is 6.61 Å². The van der Waals surface area contributed by atoms with E-state index in [1.54, 1.807) is 18.2 Å². The summed E-state index contributed by atoms with van der Waals surface area (Å²) < 4.78 is 18.8. The fourth-order valence-electron chi connectivity index (χ4n) is 2.98. The van der Waals surface area contributed by atoms with Crippen LogP contribution < -0.4 is 10.1 Å². The van der Waals surface area contributed by atoms with E-state index < -0.39 is 0 Å². The first-order valence-corrected chi connectivity index (χ1v) is 6.63. The molecule has 98 valence electrons. The van der Waals surface area contributed by atoms with Crippen LogP contribution in [0.2, 0.25) is 0 Å². The standard InChI is InChI=1S/C14H19FN2O/c15-13-3-1-2-4-14(13)18-6-5-17-9-11-7-16-8-12(11)10-17/h1-4,11-12,16H,5-10H2. The van der Waals surface area contributed by atoms with Gasteiger partial charge in [-0.3, -0.25) is 4.90 Å². The zero-order valence-corrected chi connectivity index (χ0v) is 10.4. The molecule has 0 saturated carbocycles. The van der Waals surface area contributed by atoms with Crippen molar-refractivity contribution in [2.45, 2.75) is 0 Å². The molecule has 0 aromatic heterocycles. The number of para-hydroxylation sites is 1. The lowest BCUT2D eigenvalue weighted by Crippen LogP contribution is -2.29. The van der Waals surface area contributed by atoms with Crippen molar-refractivity contribution in [3.05, 3.63) is 30.1 Å². The van der Waals surface area contributed by atoms with Crippen LogP contribution in [0.25, 0.3) is 0 Å². The minimum atomic E-state index is -0.278. The molecule has 0 aliphatic carbocycles. The Morgan fingerprint density at radius 1 is 1.22 bits per heavy atom. The molecular formula is C14H19FN2O. The highest BCUT2D eigenvalue weighted by Crippen LogP contribution is 2.25. The zero-order valence-electron chi connectivity index (χ0n) is 10.4. The average molecular weight is 250 g/mol. The second-order valence-corrected chi connectivity index (χ2v) is 5.22. The van der Waals surface area contributed by atoms with E-state index in [0.29, 0.717) is 12.4 Å². The molecule has 0 amide bonds. The van der Waals surface area contributed by atoms with Gasteiger partial charge in [-0.15, -0.1) is 0 Å². The Balaban J connectivity index is 1.44. The summed E-state index contributed by atoms with van der Waals surface area (Å²) in [5.74, 6) is 1.69.